The highest BCUT2D eigenvalue weighted by atomic mass is 35.5. The molecule has 0 aliphatic rings. The number of carbonyl (C=O) groups is 1. The molecule has 0 N–H and O–H groups in total. The highest BCUT2D eigenvalue weighted by Gasteiger charge is 2.11. The van der Waals surface area contributed by atoms with Gasteiger partial charge in [0.25, 0.3) is 0 Å². The molecule has 92 valence electrons. The fraction of sp³-hybridized carbons (Fsp3) is 0.188. The molecule has 2 aromatic rings. The number of hydrogen-bond acceptors (Lipinski definition) is 1. The summed E-state index contributed by atoms with van der Waals surface area (Å²) in [6, 6.07) is 11.5. The zero-order valence-corrected chi connectivity index (χ0v) is 11.1. The van der Waals surface area contributed by atoms with Gasteiger partial charge in [-0.2, -0.15) is 0 Å². The average Bonchev–Trinajstić information content (AvgIpc) is 2.38. The topological polar surface area (TPSA) is 17.1 Å². The van der Waals surface area contributed by atoms with Gasteiger partial charge < -0.3 is 0 Å². The number of carbonyl (C=O) groups excluding carboxylic acids is 1. The second-order valence-electron chi connectivity index (χ2n) is 4.20. The highest BCUT2D eigenvalue weighted by molar-refractivity contribution is 6.36. The van der Waals surface area contributed by atoms with Crippen molar-refractivity contribution in [2.45, 2.75) is 19.8 Å². The van der Waals surface area contributed by atoms with Crippen LogP contribution in [0.3, 0.4) is 0 Å². The van der Waals surface area contributed by atoms with Crippen molar-refractivity contribution < 1.29 is 4.79 Å². The molecule has 0 heterocycles. The van der Waals surface area contributed by atoms with Crippen molar-refractivity contribution in [3.05, 3.63) is 59.1 Å². The summed E-state index contributed by atoms with van der Waals surface area (Å²) in [7, 11) is 0. The Morgan fingerprint density at radius 1 is 1.22 bits per heavy atom. The SMILES string of the molecule is CCCC=CC(=O)c1c(Cl)ccc2ccccc12. The lowest BCUT2D eigenvalue weighted by Gasteiger charge is -2.05. The van der Waals surface area contributed by atoms with Crippen molar-refractivity contribution in [3.63, 3.8) is 0 Å². The minimum absolute atomic E-state index is 0.0229. The smallest absolute Gasteiger partial charge is 0.187 e. The van der Waals surface area contributed by atoms with Crippen molar-refractivity contribution in [2.75, 3.05) is 0 Å². The first-order valence-electron chi connectivity index (χ1n) is 6.12. The maximum Gasteiger partial charge on any atom is 0.187 e. The summed E-state index contributed by atoms with van der Waals surface area (Å²) in [5.74, 6) is -0.0229. The number of unbranched alkanes of at least 4 members (excludes halogenated alkanes) is 1. The Morgan fingerprint density at radius 3 is 2.78 bits per heavy atom. The molecule has 2 aromatic carbocycles. The van der Waals surface area contributed by atoms with Crippen molar-refractivity contribution in [3.8, 4) is 0 Å². The minimum Gasteiger partial charge on any atom is -0.289 e. The third-order valence-corrected chi connectivity index (χ3v) is 3.16. The zero-order valence-electron chi connectivity index (χ0n) is 10.3. The van der Waals surface area contributed by atoms with E-state index >= 15 is 0 Å². The van der Waals surface area contributed by atoms with Gasteiger partial charge in [-0.25, -0.2) is 0 Å². The lowest BCUT2D eigenvalue weighted by molar-refractivity contribution is 0.104. The van der Waals surface area contributed by atoms with Crippen LogP contribution in [0.2, 0.25) is 5.02 Å². The van der Waals surface area contributed by atoms with Gasteiger partial charge in [-0.05, 0) is 29.3 Å². The second-order valence-corrected chi connectivity index (χ2v) is 4.61. The predicted octanol–water partition coefficient (Wildman–Crippen LogP) is 5.03. The summed E-state index contributed by atoms with van der Waals surface area (Å²) in [6.07, 6.45) is 5.47. The van der Waals surface area contributed by atoms with E-state index in [1.165, 1.54) is 0 Å². The van der Waals surface area contributed by atoms with Gasteiger partial charge in [-0.1, -0.05) is 61.4 Å². The molecule has 0 amide bonds. The third kappa shape index (κ3) is 2.62. The van der Waals surface area contributed by atoms with Crippen LogP contribution in [0.5, 0.6) is 0 Å². The van der Waals surface area contributed by atoms with E-state index in [2.05, 4.69) is 6.92 Å². The van der Waals surface area contributed by atoms with E-state index in [1.807, 2.05) is 36.4 Å². The van der Waals surface area contributed by atoms with Gasteiger partial charge in [-0.3, -0.25) is 4.79 Å². The van der Waals surface area contributed by atoms with E-state index in [9.17, 15) is 4.79 Å². The molecule has 0 bridgehead atoms. The van der Waals surface area contributed by atoms with Crippen LogP contribution in [-0.2, 0) is 0 Å². The molecule has 0 aliphatic carbocycles. The molecule has 0 aliphatic heterocycles. The van der Waals surface area contributed by atoms with E-state index in [0.29, 0.717) is 10.6 Å². The van der Waals surface area contributed by atoms with Gasteiger partial charge in [0.05, 0.1) is 5.02 Å². The number of halogens is 1. The summed E-state index contributed by atoms with van der Waals surface area (Å²) >= 11 is 6.16. The fourth-order valence-corrected chi connectivity index (χ4v) is 2.19. The molecular formula is C16H15ClO. The van der Waals surface area contributed by atoms with Gasteiger partial charge in [0.2, 0.25) is 0 Å². The number of allylic oxidation sites excluding steroid dienone is 2. The summed E-state index contributed by atoms with van der Waals surface area (Å²) in [5.41, 5.74) is 0.599. The second kappa shape index (κ2) is 5.83. The maximum absolute atomic E-state index is 12.2. The van der Waals surface area contributed by atoms with Crippen LogP contribution in [0.15, 0.2) is 48.6 Å². The van der Waals surface area contributed by atoms with Crippen LogP contribution in [0.4, 0.5) is 0 Å². The summed E-state index contributed by atoms with van der Waals surface area (Å²) in [5, 5.41) is 2.46. The van der Waals surface area contributed by atoms with E-state index in [4.69, 9.17) is 11.6 Å². The van der Waals surface area contributed by atoms with Gasteiger partial charge in [0.15, 0.2) is 5.78 Å². The molecule has 0 saturated carbocycles. The molecule has 2 rings (SSSR count). The van der Waals surface area contributed by atoms with E-state index in [0.717, 1.165) is 23.6 Å². The standard InChI is InChI=1S/C16H15ClO/c1-2-3-4-9-15(18)16-13-8-6-5-7-12(13)10-11-14(16)17/h4-11H,2-3H2,1H3. The Kier molecular flexibility index (Phi) is 4.16. The molecule has 0 spiro atoms. The molecule has 2 heteroatoms. The molecule has 0 radical (unpaired) electrons. The van der Waals surface area contributed by atoms with E-state index in [-0.39, 0.29) is 5.78 Å². The van der Waals surface area contributed by atoms with Crippen LogP contribution in [-0.4, -0.2) is 5.78 Å². The summed E-state index contributed by atoms with van der Waals surface area (Å²) in [4.78, 5) is 12.2. The van der Waals surface area contributed by atoms with E-state index < -0.39 is 0 Å². The monoisotopic (exact) mass is 258 g/mol. The van der Waals surface area contributed by atoms with E-state index in [1.54, 1.807) is 12.1 Å². The Morgan fingerprint density at radius 2 is 2.00 bits per heavy atom. The van der Waals surface area contributed by atoms with Crippen LogP contribution in [0, 0.1) is 0 Å². The van der Waals surface area contributed by atoms with Crippen molar-refractivity contribution >= 4 is 28.2 Å². The first-order chi connectivity index (χ1) is 8.74. The first kappa shape index (κ1) is 12.8. The Balaban J connectivity index is 2.49. The molecule has 0 fully saturated rings. The number of ketones is 1. The van der Waals surface area contributed by atoms with Crippen LogP contribution in [0.25, 0.3) is 10.8 Å². The first-order valence-corrected chi connectivity index (χ1v) is 6.50. The third-order valence-electron chi connectivity index (χ3n) is 2.85. The summed E-state index contributed by atoms with van der Waals surface area (Å²) < 4.78 is 0. The normalized spacial score (nSPS) is 11.2. The molecule has 0 atom stereocenters. The molecule has 0 saturated heterocycles. The highest BCUT2D eigenvalue weighted by Crippen LogP contribution is 2.26. The predicted molar refractivity (Wildman–Crippen MR) is 77.3 cm³/mol. The van der Waals surface area contributed by atoms with Gasteiger partial charge in [0, 0.05) is 5.56 Å². The van der Waals surface area contributed by atoms with Gasteiger partial charge in [0.1, 0.15) is 0 Å². The van der Waals surface area contributed by atoms with Crippen molar-refractivity contribution in [2.24, 2.45) is 0 Å². The molecule has 0 unspecified atom stereocenters. The van der Waals surface area contributed by atoms with Crippen molar-refractivity contribution in [1.82, 2.24) is 0 Å². The Hall–Kier alpha value is -1.60. The lowest BCUT2D eigenvalue weighted by Crippen LogP contribution is -1.97. The number of benzene rings is 2. The quantitative estimate of drug-likeness (QED) is 0.555. The number of rotatable bonds is 4. The van der Waals surface area contributed by atoms with Crippen LogP contribution < -0.4 is 0 Å². The number of fused-ring (bicyclic) bond motifs is 1. The lowest BCUT2D eigenvalue weighted by atomic mass is 10.0. The van der Waals surface area contributed by atoms with Gasteiger partial charge >= 0.3 is 0 Å². The average molecular weight is 259 g/mol. The Labute approximate surface area is 112 Å². The van der Waals surface area contributed by atoms with Crippen molar-refractivity contribution in [1.29, 1.82) is 0 Å². The zero-order chi connectivity index (χ0) is 13.0. The van der Waals surface area contributed by atoms with Crippen LogP contribution >= 0.6 is 11.6 Å². The molecule has 1 nitrogen and oxygen atoms in total. The largest absolute Gasteiger partial charge is 0.289 e. The van der Waals surface area contributed by atoms with Crippen LogP contribution in [0.1, 0.15) is 30.1 Å². The Bertz CT molecular complexity index is 599. The minimum atomic E-state index is -0.0229. The maximum atomic E-state index is 12.2. The molecule has 0 aromatic heterocycles. The fourth-order valence-electron chi connectivity index (χ4n) is 1.94. The summed E-state index contributed by atoms with van der Waals surface area (Å²) in [6.45, 7) is 2.08. The molecule has 18 heavy (non-hydrogen) atoms. The molecular weight excluding hydrogens is 244 g/mol. The van der Waals surface area contributed by atoms with Gasteiger partial charge in [-0.15, -0.1) is 0 Å². The number of hydrogen-bond donors (Lipinski definition) is 0.